The number of unbranched alkanes of at least 4 members (excludes halogenated alkanes) is 31. The lowest BCUT2D eigenvalue weighted by Gasteiger charge is -2.18. The molecule has 6 nitrogen and oxygen atoms in total. The second-order valence-electron chi connectivity index (χ2n) is 18.8. The van der Waals surface area contributed by atoms with Crippen LogP contribution in [-0.2, 0) is 28.6 Å². The van der Waals surface area contributed by atoms with Crippen molar-refractivity contribution in [3.8, 4) is 0 Å². The van der Waals surface area contributed by atoms with Gasteiger partial charge in [-0.15, -0.1) is 0 Å². The van der Waals surface area contributed by atoms with Crippen LogP contribution in [0.2, 0.25) is 0 Å². The Morgan fingerprint density at radius 1 is 0.328 bits per heavy atom. The van der Waals surface area contributed by atoms with Gasteiger partial charge in [0.05, 0.1) is 0 Å². The van der Waals surface area contributed by atoms with Crippen molar-refractivity contribution in [2.24, 2.45) is 11.8 Å². The molecule has 0 aromatic heterocycles. The minimum atomic E-state index is -0.762. The summed E-state index contributed by atoms with van der Waals surface area (Å²) < 4.78 is 16.8. The molecule has 0 rings (SSSR count). The third kappa shape index (κ3) is 45.5. The fourth-order valence-electron chi connectivity index (χ4n) is 7.81. The normalized spacial score (nSPS) is 12.1. The molecule has 0 saturated heterocycles. The van der Waals surface area contributed by atoms with Crippen LogP contribution in [0.1, 0.15) is 285 Å². The van der Waals surface area contributed by atoms with E-state index in [0.29, 0.717) is 19.3 Å². The summed E-state index contributed by atoms with van der Waals surface area (Å²) in [4.78, 5) is 37.9. The lowest BCUT2D eigenvalue weighted by Crippen LogP contribution is -2.30. The molecule has 0 N–H and O–H groups in total. The van der Waals surface area contributed by atoms with Gasteiger partial charge in [-0.1, -0.05) is 247 Å². The van der Waals surface area contributed by atoms with Gasteiger partial charge in [0.2, 0.25) is 0 Å². The molecule has 0 heterocycles. The lowest BCUT2D eigenvalue weighted by molar-refractivity contribution is -0.167. The van der Waals surface area contributed by atoms with E-state index in [4.69, 9.17) is 14.2 Å². The maximum absolute atomic E-state index is 12.7. The average Bonchev–Trinajstić information content (AvgIpc) is 3.19. The highest BCUT2D eigenvalue weighted by Gasteiger charge is 2.19. The van der Waals surface area contributed by atoms with Gasteiger partial charge in [-0.3, -0.25) is 14.4 Å². The SMILES string of the molecule is CCCCCCCCCCCCCCCCCCCCC(=O)OC[C@H](COC(=O)CCCCCCCCCCC(C)C)OC(=O)CCCCCCCCCCC(C)C. The second-order valence-corrected chi connectivity index (χ2v) is 18.8. The molecule has 0 radical (unpaired) electrons. The number of ether oxygens (including phenoxy) is 3. The van der Waals surface area contributed by atoms with Gasteiger partial charge >= 0.3 is 17.9 Å². The standard InChI is InChI=1S/C52H100O6/c1-6-7-8-9-10-11-12-13-14-15-16-17-18-19-20-27-32-37-42-50(53)56-45-49(58-52(55)44-39-34-29-24-22-26-31-36-41-48(4)5)46-57-51(54)43-38-33-28-23-21-25-30-35-40-47(2)3/h47-49H,6-46H2,1-5H3/t49-/m1/s1. The summed E-state index contributed by atoms with van der Waals surface area (Å²) in [5, 5.41) is 0. The van der Waals surface area contributed by atoms with Crippen LogP contribution >= 0.6 is 0 Å². The van der Waals surface area contributed by atoms with Gasteiger partial charge in [-0.2, -0.15) is 0 Å². The van der Waals surface area contributed by atoms with E-state index in [1.165, 1.54) is 173 Å². The van der Waals surface area contributed by atoms with Crippen LogP contribution in [0.25, 0.3) is 0 Å². The summed E-state index contributed by atoms with van der Waals surface area (Å²) in [6.45, 7) is 11.3. The topological polar surface area (TPSA) is 78.9 Å². The Kier molecular flexibility index (Phi) is 43.7. The minimum Gasteiger partial charge on any atom is -0.462 e. The largest absolute Gasteiger partial charge is 0.462 e. The third-order valence-electron chi connectivity index (χ3n) is 11.7. The Labute approximate surface area is 361 Å². The van der Waals surface area contributed by atoms with E-state index >= 15 is 0 Å². The number of rotatable bonds is 46. The van der Waals surface area contributed by atoms with Gasteiger partial charge in [-0.25, -0.2) is 0 Å². The fraction of sp³-hybridized carbons (Fsp3) is 0.942. The monoisotopic (exact) mass is 821 g/mol. The van der Waals surface area contributed by atoms with Gasteiger partial charge in [-0.05, 0) is 31.1 Å². The van der Waals surface area contributed by atoms with E-state index in [1.54, 1.807) is 0 Å². The van der Waals surface area contributed by atoms with Crippen molar-refractivity contribution in [3.05, 3.63) is 0 Å². The first-order chi connectivity index (χ1) is 28.2. The van der Waals surface area contributed by atoms with Gasteiger partial charge in [0, 0.05) is 19.3 Å². The molecule has 58 heavy (non-hydrogen) atoms. The molecule has 1 atom stereocenters. The summed E-state index contributed by atoms with van der Waals surface area (Å²) in [7, 11) is 0. The van der Waals surface area contributed by atoms with Crippen molar-refractivity contribution in [1.82, 2.24) is 0 Å². The fourth-order valence-corrected chi connectivity index (χ4v) is 7.81. The molecule has 0 aromatic carbocycles. The zero-order valence-electron chi connectivity index (χ0n) is 39.7. The molecule has 0 fully saturated rings. The molecule has 0 aromatic rings. The number of carbonyl (C=O) groups excluding carboxylic acids is 3. The van der Waals surface area contributed by atoms with E-state index in [9.17, 15) is 14.4 Å². The summed E-state index contributed by atoms with van der Waals surface area (Å²) in [5.74, 6) is 0.736. The predicted octanol–water partition coefficient (Wildman–Crippen LogP) is 16.5. The summed E-state index contributed by atoms with van der Waals surface area (Å²) in [6, 6.07) is 0. The summed E-state index contributed by atoms with van der Waals surface area (Å²) >= 11 is 0. The Bertz CT molecular complexity index is 885. The number of hydrogen-bond donors (Lipinski definition) is 0. The molecule has 0 unspecified atom stereocenters. The highest BCUT2D eigenvalue weighted by molar-refractivity contribution is 5.71. The first kappa shape index (κ1) is 56.4. The molecule has 344 valence electrons. The predicted molar refractivity (Wildman–Crippen MR) is 247 cm³/mol. The molecule has 6 heteroatoms. The zero-order chi connectivity index (χ0) is 42.6. The molecule has 0 saturated carbocycles. The minimum absolute atomic E-state index is 0.0646. The van der Waals surface area contributed by atoms with Crippen molar-refractivity contribution in [2.75, 3.05) is 13.2 Å². The van der Waals surface area contributed by atoms with E-state index in [0.717, 1.165) is 69.6 Å². The van der Waals surface area contributed by atoms with Crippen LogP contribution in [0.15, 0.2) is 0 Å². The van der Waals surface area contributed by atoms with Crippen LogP contribution in [0.3, 0.4) is 0 Å². The molecular formula is C52H100O6. The smallest absolute Gasteiger partial charge is 0.306 e. The zero-order valence-corrected chi connectivity index (χ0v) is 39.7. The van der Waals surface area contributed by atoms with Gasteiger partial charge < -0.3 is 14.2 Å². The Morgan fingerprint density at radius 2 is 0.569 bits per heavy atom. The Hall–Kier alpha value is -1.59. The molecule has 0 bridgehead atoms. The first-order valence-electron chi connectivity index (χ1n) is 25.7. The van der Waals surface area contributed by atoms with E-state index in [1.807, 2.05) is 0 Å². The molecule has 0 aliphatic carbocycles. The Morgan fingerprint density at radius 3 is 0.845 bits per heavy atom. The van der Waals surface area contributed by atoms with E-state index in [2.05, 4.69) is 34.6 Å². The van der Waals surface area contributed by atoms with E-state index < -0.39 is 6.10 Å². The highest BCUT2D eigenvalue weighted by Crippen LogP contribution is 2.17. The van der Waals surface area contributed by atoms with Crippen molar-refractivity contribution in [3.63, 3.8) is 0 Å². The maximum Gasteiger partial charge on any atom is 0.306 e. The molecule has 0 aliphatic rings. The Balaban J connectivity index is 4.25. The maximum atomic E-state index is 12.7. The number of carbonyl (C=O) groups is 3. The van der Waals surface area contributed by atoms with Gasteiger partial charge in [0.1, 0.15) is 13.2 Å². The quantitative estimate of drug-likeness (QED) is 0.0346. The van der Waals surface area contributed by atoms with Gasteiger partial charge in [0.25, 0.3) is 0 Å². The highest BCUT2D eigenvalue weighted by atomic mass is 16.6. The molecule has 0 spiro atoms. The summed E-state index contributed by atoms with van der Waals surface area (Å²) in [5.41, 5.74) is 0. The van der Waals surface area contributed by atoms with Crippen molar-refractivity contribution >= 4 is 17.9 Å². The molecular weight excluding hydrogens is 721 g/mol. The van der Waals surface area contributed by atoms with Crippen LogP contribution in [0.5, 0.6) is 0 Å². The second kappa shape index (κ2) is 44.9. The van der Waals surface area contributed by atoms with Crippen molar-refractivity contribution < 1.29 is 28.6 Å². The average molecular weight is 821 g/mol. The molecule has 0 aliphatic heterocycles. The van der Waals surface area contributed by atoms with Crippen molar-refractivity contribution in [1.29, 1.82) is 0 Å². The van der Waals surface area contributed by atoms with Gasteiger partial charge in [0.15, 0.2) is 6.10 Å². The van der Waals surface area contributed by atoms with Crippen LogP contribution in [-0.4, -0.2) is 37.2 Å². The number of hydrogen-bond acceptors (Lipinski definition) is 6. The molecule has 0 amide bonds. The van der Waals surface area contributed by atoms with E-state index in [-0.39, 0.29) is 31.1 Å². The van der Waals surface area contributed by atoms with Crippen LogP contribution in [0, 0.1) is 11.8 Å². The summed E-state index contributed by atoms with van der Waals surface area (Å²) in [6.07, 6.45) is 45.3. The third-order valence-corrected chi connectivity index (χ3v) is 11.7. The number of esters is 3. The first-order valence-corrected chi connectivity index (χ1v) is 25.7. The van der Waals surface area contributed by atoms with Crippen LogP contribution in [0.4, 0.5) is 0 Å². The van der Waals surface area contributed by atoms with Crippen molar-refractivity contribution in [2.45, 2.75) is 291 Å². The lowest BCUT2D eigenvalue weighted by atomic mass is 10.0. The van der Waals surface area contributed by atoms with Crippen LogP contribution < -0.4 is 0 Å².